The first-order valence-corrected chi connectivity index (χ1v) is 5.94. The Morgan fingerprint density at radius 1 is 1.00 bits per heavy atom. The molecule has 0 spiro atoms. The van der Waals surface area contributed by atoms with Gasteiger partial charge in [0.1, 0.15) is 0 Å². The summed E-state index contributed by atoms with van der Waals surface area (Å²) < 4.78 is 0. The van der Waals surface area contributed by atoms with E-state index in [1.807, 2.05) is 45.1 Å². The number of carbonyl (C=O) groups is 1. The van der Waals surface area contributed by atoms with Gasteiger partial charge in [-0.3, -0.25) is 9.59 Å². The Labute approximate surface area is 115 Å². The van der Waals surface area contributed by atoms with Gasteiger partial charge in [-0.25, -0.2) is 0 Å². The van der Waals surface area contributed by atoms with Crippen LogP contribution in [-0.2, 0) is 4.79 Å². The fourth-order valence-corrected chi connectivity index (χ4v) is 1.46. The van der Waals surface area contributed by atoms with Crippen LogP contribution >= 0.6 is 0 Å². The number of aromatic amines is 1. The molecule has 0 radical (unpaired) electrons. The van der Waals surface area contributed by atoms with E-state index in [-0.39, 0.29) is 18.8 Å². The molecule has 0 aliphatic heterocycles. The van der Waals surface area contributed by atoms with Crippen LogP contribution in [0.3, 0.4) is 0 Å². The average Bonchev–Trinajstić information content (AvgIpc) is 2.30. The van der Waals surface area contributed by atoms with Crippen molar-refractivity contribution in [1.82, 2.24) is 4.98 Å². The normalized spacial score (nSPS) is 13.6. The first-order chi connectivity index (χ1) is 8.40. The summed E-state index contributed by atoms with van der Waals surface area (Å²) >= 11 is 0. The maximum atomic E-state index is 10.9. The molecule has 1 heterocycles. The van der Waals surface area contributed by atoms with Crippen LogP contribution in [0.25, 0.3) is 0 Å². The number of ketones is 1. The minimum Gasteiger partial charge on any atom is -0.326 e. The monoisotopic (exact) mass is 261 g/mol. The van der Waals surface area contributed by atoms with Crippen molar-refractivity contribution >= 4 is 5.78 Å². The molecule has 1 aliphatic carbocycles. The van der Waals surface area contributed by atoms with E-state index in [1.165, 1.54) is 0 Å². The summed E-state index contributed by atoms with van der Waals surface area (Å²) in [6.45, 7) is 7.48. The number of hydrogen-bond donors (Lipinski definition) is 1. The highest BCUT2D eigenvalue weighted by Gasteiger charge is 2.07. The van der Waals surface area contributed by atoms with E-state index in [4.69, 9.17) is 0 Å². The van der Waals surface area contributed by atoms with Gasteiger partial charge in [-0.1, -0.05) is 31.2 Å². The van der Waals surface area contributed by atoms with E-state index in [0.29, 0.717) is 6.42 Å². The van der Waals surface area contributed by atoms with Gasteiger partial charge in [0.05, 0.1) is 0 Å². The Morgan fingerprint density at radius 2 is 1.63 bits per heavy atom. The number of H-pyrrole nitrogens is 1. The Balaban J connectivity index is 0.000000324. The number of aromatic nitrogens is 1. The Hall–Kier alpha value is -1.90. The first kappa shape index (κ1) is 17.1. The van der Waals surface area contributed by atoms with Crippen molar-refractivity contribution in [3.63, 3.8) is 0 Å². The highest BCUT2D eigenvalue weighted by Crippen LogP contribution is 2.12. The summed E-state index contributed by atoms with van der Waals surface area (Å²) in [5.74, 6) is 0.259. The van der Waals surface area contributed by atoms with E-state index in [0.717, 1.165) is 22.4 Å². The standard InChI is InChI=1S/C8H10O.C7H9NO.CH4/c1-6-3-4-7(2)8(9)5-6;1-5-3-4-6(2)8-7(5)9;/h3-4H,5H2,1-2H3;3-4H,1-2H3,(H,8,9);1H4. The molecule has 0 bridgehead atoms. The molecule has 0 saturated heterocycles. The lowest BCUT2D eigenvalue weighted by Crippen LogP contribution is -2.08. The zero-order chi connectivity index (χ0) is 13.7. The van der Waals surface area contributed by atoms with Gasteiger partial charge in [-0.05, 0) is 39.3 Å². The zero-order valence-corrected chi connectivity index (χ0v) is 11.3. The number of rotatable bonds is 0. The molecule has 104 valence electrons. The topological polar surface area (TPSA) is 49.9 Å². The molecule has 1 aromatic heterocycles. The van der Waals surface area contributed by atoms with Gasteiger partial charge in [0.15, 0.2) is 5.78 Å². The van der Waals surface area contributed by atoms with E-state index in [1.54, 1.807) is 6.92 Å². The number of pyridine rings is 1. The number of aryl methyl sites for hydroxylation is 2. The third-order valence-corrected chi connectivity index (χ3v) is 2.75. The quantitative estimate of drug-likeness (QED) is 0.777. The molecule has 1 aliphatic rings. The molecule has 0 aromatic carbocycles. The summed E-state index contributed by atoms with van der Waals surface area (Å²) in [6.07, 6.45) is 4.49. The fraction of sp³-hybridized carbons (Fsp3) is 0.375. The lowest BCUT2D eigenvalue weighted by atomic mass is 10.00. The molecule has 19 heavy (non-hydrogen) atoms. The van der Waals surface area contributed by atoms with Gasteiger partial charge < -0.3 is 4.98 Å². The van der Waals surface area contributed by atoms with Gasteiger partial charge in [0, 0.05) is 17.7 Å². The molecule has 3 nitrogen and oxygen atoms in total. The van der Waals surface area contributed by atoms with Gasteiger partial charge >= 0.3 is 0 Å². The molecule has 0 saturated carbocycles. The van der Waals surface area contributed by atoms with E-state index in [9.17, 15) is 9.59 Å². The largest absolute Gasteiger partial charge is 0.326 e. The van der Waals surface area contributed by atoms with Crippen LogP contribution in [-0.4, -0.2) is 10.8 Å². The second-order valence-electron chi connectivity index (χ2n) is 4.62. The van der Waals surface area contributed by atoms with Gasteiger partial charge in [-0.2, -0.15) is 0 Å². The first-order valence-electron chi connectivity index (χ1n) is 5.94. The predicted octanol–water partition coefficient (Wildman–Crippen LogP) is 3.48. The molecule has 1 N–H and O–H groups in total. The minimum atomic E-state index is 0. The summed E-state index contributed by atoms with van der Waals surface area (Å²) in [5.41, 5.74) is 3.72. The van der Waals surface area contributed by atoms with Crippen LogP contribution in [0.4, 0.5) is 0 Å². The number of nitrogens with one attached hydrogen (secondary N) is 1. The molecule has 2 rings (SSSR count). The molecular weight excluding hydrogens is 238 g/mol. The van der Waals surface area contributed by atoms with Gasteiger partial charge in [-0.15, -0.1) is 0 Å². The summed E-state index contributed by atoms with van der Waals surface area (Å²) in [7, 11) is 0. The maximum absolute atomic E-state index is 10.9. The van der Waals surface area contributed by atoms with Crippen molar-refractivity contribution in [2.75, 3.05) is 0 Å². The zero-order valence-electron chi connectivity index (χ0n) is 11.3. The van der Waals surface area contributed by atoms with Crippen LogP contribution in [0.5, 0.6) is 0 Å². The number of allylic oxidation sites excluding steroid dienone is 4. The van der Waals surface area contributed by atoms with Crippen molar-refractivity contribution in [3.8, 4) is 0 Å². The predicted molar refractivity (Wildman–Crippen MR) is 80.4 cm³/mol. The smallest absolute Gasteiger partial charge is 0.251 e. The lowest BCUT2D eigenvalue weighted by molar-refractivity contribution is -0.115. The molecule has 0 fully saturated rings. The van der Waals surface area contributed by atoms with Crippen molar-refractivity contribution < 1.29 is 4.79 Å². The van der Waals surface area contributed by atoms with Gasteiger partial charge in [0.2, 0.25) is 0 Å². The van der Waals surface area contributed by atoms with Crippen LogP contribution in [0.2, 0.25) is 0 Å². The Kier molecular flexibility index (Phi) is 6.76. The van der Waals surface area contributed by atoms with Crippen LogP contribution < -0.4 is 5.56 Å². The molecule has 0 amide bonds. The van der Waals surface area contributed by atoms with E-state index < -0.39 is 0 Å². The fourth-order valence-electron chi connectivity index (χ4n) is 1.46. The van der Waals surface area contributed by atoms with Crippen molar-refractivity contribution in [2.45, 2.75) is 41.5 Å². The van der Waals surface area contributed by atoms with Crippen molar-refractivity contribution in [3.05, 3.63) is 57.0 Å². The number of hydrogen-bond acceptors (Lipinski definition) is 2. The maximum Gasteiger partial charge on any atom is 0.251 e. The van der Waals surface area contributed by atoms with Crippen LogP contribution in [0.1, 0.15) is 39.0 Å². The summed E-state index contributed by atoms with van der Waals surface area (Å²) in [4.78, 5) is 24.4. The molecule has 1 aromatic rings. The highest BCUT2D eigenvalue weighted by molar-refractivity contribution is 5.97. The van der Waals surface area contributed by atoms with Crippen LogP contribution in [0, 0.1) is 13.8 Å². The average molecular weight is 261 g/mol. The SMILES string of the molecule is C.CC1=CC=C(C)C(=O)C1.Cc1ccc(C)c(=O)[nH]1. The van der Waals surface area contributed by atoms with E-state index in [2.05, 4.69) is 4.98 Å². The summed E-state index contributed by atoms with van der Waals surface area (Å²) in [5, 5.41) is 0. The van der Waals surface area contributed by atoms with Crippen LogP contribution in [0.15, 0.2) is 40.2 Å². The molecule has 0 unspecified atom stereocenters. The van der Waals surface area contributed by atoms with Crippen molar-refractivity contribution in [1.29, 1.82) is 0 Å². The third kappa shape index (κ3) is 5.51. The Morgan fingerprint density at radius 3 is 2.05 bits per heavy atom. The lowest BCUT2D eigenvalue weighted by Gasteiger charge is -2.04. The minimum absolute atomic E-state index is 0. The number of carbonyl (C=O) groups excluding carboxylic acids is 1. The summed E-state index contributed by atoms with van der Waals surface area (Å²) in [6, 6.07) is 3.70. The highest BCUT2D eigenvalue weighted by atomic mass is 16.1. The molecule has 0 atom stereocenters. The second-order valence-corrected chi connectivity index (χ2v) is 4.62. The Bertz CT molecular complexity index is 562. The number of Topliss-reactive ketones (excluding diaryl/α,β-unsaturated/α-hetero) is 1. The van der Waals surface area contributed by atoms with Gasteiger partial charge in [0.25, 0.3) is 5.56 Å². The van der Waals surface area contributed by atoms with Crippen molar-refractivity contribution in [2.24, 2.45) is 0 Å². The van der Waals surface area contributed by atoms with E-state index >= 15 is 0 Å². The molecular formula is C16H23NO2. The second kappa shape index (κ2) is 7.52. The molecule has 3 heteroatoms. The third-order valence-electron chi connectivity index (χ3n) is 2.75.